The third-order valence-corrected chi connectivity index (χ3v) is 11.1. The lowest BCUT2D eigenvalue weighted by atomic mass is 9.80. The summed E-state index contributed by atoms with van der Waals surface area (Å²) in [5.74, 6) is 0.872. The monoisotopic (exact) mass is 731 g/mol. The van der Waals surface area contributed by atoms with Gasteiger partial charge in [-0.2, -0.15) is 5.26 Å². The average Bonchev–Trinajstić information content (AvgIpc) is 3.79. The summed E-state index contributed by atoms with van der Waals surface area (Å²) in [5, 5.41) is 18.4. The second kappa shape index (κ2) is 14.4. The lowest BCUT2D eigenvalue weighted by molar-refractivity contribution is 0.0858. The molecule has 0 aliphatic carbocycles. The van der Waals surface area contributed by atoms with E-state index in [1.165, 1.54) is 31.4 Å². The summed E-state index contributed by atoms with van der Waals surface area (Å²) in [5.41, 5.74) is 4.11. The minimum Gasteiger partial charge on any atom is -0.497 e. The molecule has 0 bridgehead atoms. The van der Waals surface area contributed by atoms with Gasteiger partial charge in [0.2, 0.25) is 0 Å². The molecule has 8 rings (SSSR count). The van der Waals surface area contributed by atoms with E-state index < -0.39 is 11.6 Å². The summed E-state index contributed by atoms with van der Waals surface area (Å²) >= 11 is 0. The second-order valence-electron chi connectivity index (χ2n) is 15.3. The first-order valence-corrected chi connectivity index (χ1v) is 18.4. The number of H-pyrrole nitrogens is 1. The molecule has 4 aromatic heterocycles. The minimum atomic E-state index is -0.480. The molecule has 2 saturated heterocycles. The SMILES string of the molecule is COc1cc(F)cc(-c2c[nH]c3nccc(OCC4(C)CCNC(n5cc(-c6cc(F)cc(C#N)c6)c6c(OCC7(C)CCNCC7)ccnc65)C4)c23)c1. The Morgan fingerprint density at radius 1 is 0.852 bits per heavy atom. The molecule has 0 spiro atoms. The molecule has 6 aromatic rings. The number of nitriles is 1. The number of pyridine rings is 2. The normalized spacial score (nSPS) is 19.8. The van der Waals surface area contributed by atoms with Gasteiger partial charge in [0.05, 0.1) is 48.9 Å². The number of aromatic nitrogens is 4. The van der Waals surface area contributed by atoms with Crippen LogP contribution in [0.4, 0.5) is 8.78 Å². The van der Waals surface area contributed by atoms with Crippen LogP contribution in [-0.4, -0.2) is 59.5 Å². The van der Waals surface area contributed by atoms with Gasteiger partial charge in [0, 0.05) is 52.8 Å². The van der Waals surface area contributed by atoms with Crippen LogP contribution in [0.3, 0.4) is 0 Å². The van der Waals surface area contributed by atoms with E-state index in [1.54, 1.807) is 24.5 Å². The zero-order chi connectivity index (χ0) is 37.5. The quantitative estimate of drug-likeness (QED) is 0.129. The Morgan fingerprint density at radius 3 is 2.30 bits per heavy atom. The predicted octanol–water partition coefficient (Wildman–Crippen LogP) is 8.14. The van der Waals surface area contributed by atoms with Gasteiger partial charge in [0.1, 0.15) is 40.2 Å². The topological polar surface area (TPSA) is 122 Å². The zero-order valence-corrected chi connectivity index (χ0v) is 30.6. The molecule has 0 saturated carbocycles. The van der Waals surface area contributed by atoms with Gasteiger partial charge in [0.25, 0.3) is 0 Å². The molecule has 54 heavy (non-hydrogen) atoms. The van der Waals surface area contributed by atoms with Crippen molar-refractivity contribution < 1.29 is 23.0 Å². The van der Waals surface area contributed by atoms with Crippen molar-refractivity contribution in [2.75, 3.05) is 40.0 Å². The maximum Gasteiger partial charge on any atom is 0.145 e. The number of piperidine rings is 2. The average molecular weight is 732 g/mol. The van der Waals surface area contributed by atoms with Crippen molar-refractivity contribution in [2.45, 2.75) is 45.7 Å². The highest BCUT2D eigenvalue weighted by Gasteiger charge is 2.36. The highest BCUT2D eigenvalue weighted by Crippen LogP contribution is 2.43. The number of aromatic amines is 1. The second-order valence-corrected chi connectivity index (χ2v) is 15.3. The van der Waals surface area contributed by atoms with E-state index in [1.807, 2.05) is 24.5 Å². The molecule has 10 nitrogen and oxygen atoms in total. The third-order valence-electron chi connectivity index (χ3n) is 11.1. The number of hydrogen-bond donors (Lipinski definition) is 3. The van der Waals surface area contributed by atoms with Crippen molar-refractivity contribution in [1.29, 1.82) is 5.26 Å². The lowest BCUT2D eigenvalue weighted by Gasteiger charge is -2.39. The molecule has 2 aliphatic heterocycles. The fourth-order valence-corrected chi connectivity index (χ4v) is 7.93. The van der Waals surface area contributed by atoms with E-state index >= 15 is 0 Å². The molecule has 2 aliphatic rings. The summed E-state index contributed by atoms with van der Waals surface area (Å²) in [4.78, 5) is 12.6. The van der Waals surface area contributed by atoms with Crippen molar-refractivity contribution in [3.05, 3.63) is 90.5 Å². The summed E-state index contributed by atoms with van der Waals surface area (Å²) in [6, 6.07) is 14.8. The van der Waals surface area contributed by atoms with Crippen LogP contribution < -0.4 is 24.8 Å². The summed E-state index contributed by atoms with van der Waals surface area (Å²) in [6.07, 6.45) is 10.7. The van der Waals surface area contributed by atoms with Crippen LogP contribution in [0, 0.1) is 33.8 Å². The maximum absolute atomic E-state index is 14.9. The van der Waals surface area contributed by atoms with Crippen molar-refractivity contribution in [1.82, 2.24) is 30.2 Å². The van der Waals surface area contributed by atoms with Gasteiger partial charge in [0.15, 0.2) is 0 Å². The minimum absolute atomic E-state index is 0.0227. The first kappa shape index (κ1) is 35.5. The number of nitrogens with zero attached hydrogens (tertiary/aromatic N) is 4. The van der Waals surface area contributed by atoms with Gasteiger partial charge in [-0.15, -0.1) is 0 Å². The third kappa shape index (κ3) is 6.97. The molecule has 2 atom stereocenters. The molecule has 6 heterocycles. The molecule has 2 aromatic carbocycles. The Hall–Kier alpha value is -5.51. The van der Waals surface area contributed by atoms with Crippen LogP contribution in [-0.2, 0) is 0 Å². The summed E-state index contributed by atoms with van der Waals surface area (Å²) < 4.78 is 50.2. The van der Waals surface area contributed by atoms with Gasteiger partial charge in [-0.05, 0) is 98.9 Å². The number of fused-ring (bicyclic) bond motifs is 2. The Morgan fingerprint density at radius 2 is 1.54 bits per heavy atom. The Kier molecular flexibility index (Phi) is 9.46. The largest absolute Gasteiger partial charge is 0.497 e. The molecule has 0 amide bonds. The highest BCUT2D eigenvalue weighted by molar-refractivity contribution is 5.99. The number of nitrogens with one attached hydrogen (secondary N) is 3. The first-order chi connectivity index (χ1) is 26.1. The Labute approximate surface area is 312 Å². The van der Waals surface area contributed by atoms with E-state index in [-0.39, 0.29) is 22.6 Å². The Balaban J connectivity index is 1.11. The van der Waals surface area contributed by atoms with Crippen LogP contribution in [0.25, 0.3) is 44.3 Å². The smallest absolute Gasteiger partial charge is 0.145 e. The fraction of sp³-hybridized carbons (Fsp3) is 0.357. The molecule has 0 radical (unpaired) electrons. The van der Waals surface area contributed by atoms with Crippen LogP contribution in [0.2, 0.25) is 0 Å². The van der Waals surface area contributed by atoms with Crippen molar-refractivity contribution in [3.8, 4) is 45.6 Å². The lowest BCUT2D eigenvalue weighted by Crippen LogP contribution is -2.42. The number of ether oxygens (including phenoxy) is 3. The standard InChI is InChI=1S/C42H43F2N7O3/c1-41(6-11-46-12-7-41)24-53-35-5-10-49-40-38(35)33(27-14-26(21-45)15-29(43)16-27)23-51(40)36-20-42(2,8-13-47-36)25-54-34-4-9-48-39-37(34)32(22-50-39)28-17-30(44)19-31(18-28)52-3/h4-5,9-10,14-19,22-23,36,46-47H,6-8,11-13,20,24-25H2,1-3H3,(H,48,50). The van der Waals surface area contributed by atoms with E-state index in [0.717, 1.165) is 60.8 Å². The number of halogens is 2. The van der Waals surface area contributed by atoms with Gasteiger partial charge < -0.3 is 29.1 Å². The van der Waals surface area contributed by atoms with Crippen LogP contribution in [0.1, 0.15) is 51.3 Å². The highest BCUT2D eigenvalue weighted by atomic mass is 19.1. The summed E-state index contributed by atoms with van der Waals surface area (Å²) in [6.45, 7) is 8.05. The molecular weight excluding hydrogens is 689 g/mol. The van der Waals surface area contributed by atoms with Crippen molar-refractivity contribution in [3.63, 3.8) is 0 Å². The fourth-order valence-electron chi connectivity index (χ4n) is 7.93. The first-order valence-electron chi connectivity index (χ1n) is 18.4. The number of hydrogen-bond acceptors (Lipinski definition) is 8. The van der Waals surface area contributed by atoms with E-state index in [0.29, 0.717) is 59.3 Å². The molecule has 2 fully saturated rings. The van der Waals surface area contributed by atoms with Gasteiger partial charge >= 0.3 is 0 Å². The van der Waals surface area contributed by atoms with Gasteiger partial charge in [-0.1, -0.05) is 13.8 Å². The molecule has 2 unspecified atom stereocenters. The van der Waals surface area contributed by atoms with Gasteiger partial charge in [-0.25, -0.2) is 18.7 Å². The van der Waals surface area contributed by atoms with Crippen LogP contribution in [0.15, 0.2) is 73.3 Å². The molecular formula is C42H43F2N7O3. The van der Waals surface area contributed by atoms with Crippen LogP contribution >= 0.6 is 0 Å². The molecule has 278 valence electrons. The zero-order valence-electron chi connectivity index (χ0n) is 30.6. The summed E-state index contributed by atoms with van der Waals surface area (Å²) in [7, 11) is 1.51. The van der Waals surface area contributed by atoms with Crippen LogP contribution in [0.5, 0.6) is 17.2 Å². The van der Waals surface area contributed by atoms with Crippen molar-refractivity contribution >= 4 is 22.1 Å². The van der Waals surface area contributed by atoms with E-state index in [9.17, 15) is 14.0 Å². The number of benzene rings is 2. The predicted molar refractivity (Wildman–Crippen MR) is 203 cm³/mol. The number of methoxy groups -OCH3 is 1. The number of rotatable bonds is 10. The molecule has 12 heteroatoms. The molecule has 3 N–H and O–H groups in total. The maximum atomic E-state index is 14.9. The van der Waals surface area contributed by atoms with Gasteiger partial charge in [-0.3, -0.25) is 5.32 Å². The van der Waals surface area contributed by atoms with Crippen molar-refractivity contribution in [2.24, 2.45) is 10.8 Å². The Bertz CT molecular complexity index is 2380. The van der Waals surface area contributed by atoms with E-state index in [2.05, 4.69) is 45.1 Å². The van der Waals surface area contributed by atoms with E-state index in [4.69, 9.17) is 19.2 Å².